The second-order valence-electron chi connectivity index (χ2n) is 5.73. The van der Waals surface area contributed by atoms with E-state index in [2.05, 4.69) is 10.4 Å². The molecule has 126 valence electrons. The van der Waals surface area contributed by atoms with E-state index in [0.29, 0.717) is 16.4 Å². The Morgan fingerprint density at radius 1 is 1.12 bits per heavy atom. The molecule has 0 bridgehead atoms. The first-order chi connectivity index (χ1) is 11.9. The third kappa shape index (κ3) is 3.78. The summed E-state index contributed by atoms with van der Waals surface area (Å²) in [6.45, 7) is 3.82. The molecule has 2 aromatic carbocycles. The molecule has 0 aliphatic rings. The molecule has 6 heteroatoms. The van der Waals surface area contributed by atoms with Crippen LogP contribution in [-0.2, 0) is 0 Å². The molecule has 0 spiro atoms. The summed E-state index contributed by atoms with van der Waals surface area (Å²) in [7, 11) is 0. The number of rotatable bonds is 3. The minimum Gasteiger partial charge on any atom is -0.320 e. The lowest BCUT2D eigenvalue weighted by Gasteiger charge is -2.10. The zero-order valence-corrected chi connectivity index (χ0v) is 14.5. The fourth-order valence-electron chi connectivity index (χ4n) is 2.38. The lowest BCUT2D eigenvalue weighted by atomic mass is 10.1. The Kier molecular flexibility index (Phi) is 4.67. The molecule has 0 saturated heterocycles. The van der Waals surface area contributed by atoms with E-state index in [1.54, 1.807) is 24.3 Å². The molecular formula is C19H16ClN3O2. The highest BCUT2D eigenvalue weighted by Crippen LogP contribution is 2.17. The fraction of sp³-hybridized carbons (Fsp3) is 0.105. The van der Waals surface area contributed by atoms with Crippen molar-refractivity contribution in [3.8, 4) is 5.69 Å². The summed E-state index contributed by atoms with van der Waals surface area (Å²) in [6, 6.07) is 14.0. The van der Waals surface area contributed by atoms with Gasteiger partial charge in [-0.2, -0.15) is 5.10 Å². The first kappa shape index (κ1) is 16.9. The Hall–Kier alpha value is -2.92. The lowest BCUT2D eigenvalue weighted by Crippen LogP contribution is -2.25. The number of nitrogens with zero attached hydrogens (tertiary/aromatic N) is 2. The summed E-state index contributed by atoms with van der Waals surface area (Å²) in [5.74, 6) is -0.546. The quantitative estimate of drug-likeness (QED) is 0.779. The number of anilines is 1. The van der Waals surface area contributed by atoms with E-state index >= 15 is 0 Å². The number of aromatic nitrogens is 2. The molecule has 0 aliphatic heterocycles. The number of nitrogens with one attached hydrogen (secondary N) is 1. The van der Waals surface area contributed by atoms with E-state index < -0.39 is 11.3 Å². The van der Waals surface area contributed by atoms with Crippen LogP contribution in [0.5, 0.6) is 0 Å². The molecule has 1 amide bonds. The zero-order chi connectivity index (χ0) is 18.0. The summed E-state index contributed by atoms with van der Waals surface area (Å²) < 4.78 is 1.45. The number of hydrogen-bond acceptors (Lipinski definition) is 3. The minimum absolute atomic E-state index is 0.177. The smallest absolute Gasteiger partial charge is 0.280 e. The van der Waals surface area contributed by atoms with Crippen LogP contribution in [0.25, 0.3) is 5.69 Å². The van der Waals surface area contributed by atoms with Crippen LogP contribution in [0.4, 0.5) is 5.69 Å². The molecule has 25 heavy (non-hydrogen) atoms. The standard InChI is InChI=1S/C19H16ClN3O2/c1-12-6-7-13(2)16(10-12)21-19(25)18-17(24)8-9-23(22-18)15-5-3-4-14(20)11-15/h3-11H,1-2H3,(H,21,25). The van der Waals surface area contributed by atoms with Gasteiger partial charge in [0.05, 0.1) is 5.69 Å². The molecule has 1 N–H and O–H groups in total. The predicted octanol–water partition coefficient (Wildman–Crippen LogP) is 3.76. The largest absolute Gasteiger partial charge is 0.320 e. The summed E-state index contributed by atoms with van der Waals surface area (Å²) in [4.78, 5) is 24.6. The molecule has 3 rings (SSSR count). The highest BCUT2D eigenvalue weighted by molar-refractivity contribution is 6.30. The Balaban J connectivity index is 1.96. The Bertz CT molecular complexity index is 1010. The van der Waals surface area contributed by atoms with Gasteiger partial charge in [-0.15, -0.1) is 0 Å². The molecule has 0 fully saturated rings. The van der Waals surface area contributed by atoms with Crippen molar-refractivity contribution in [1.82, 2.24) is 9.78 Å². The van der Waals surface area contributed by atoms with Crippen molar-refractivity contribution in [2.75, 3.05) is 5.32 Å². The normalized spacial score (nSPS) is 10.5. The number of carbonyl (C=O) groups excluding carboxylic acids is 1. The van der Waals surface area contributed by atoms with Gasteiger partial charge in [0.2, 0.25) is 5.43 Å². The van der Waals surface area contributed by atoms with Gasteiger partial charge in [0.1, 0.15) is 0 Å². The van der Waals surface area contributed by atoms with Gasteiger partial charge in [0, 0.05) is 23.0 Å². The number of halogens is 1. The molecule has 5 nitrogen and oxygen atoms in total. The van der Waals surface area contributed by atoms with E-state index in [-0.39, 0.29) is 5.69 Å². The van der Waals surface area contributed by atoms with Crippen LogP contribution >= 0.6 is 11.6 Å². The molecule has 3 aromatic rings. The van der Waals surface area contributed by atoms with Gasteiger partial charge in [0.25, 0.3) is 5.91 Å². The molecule has 1 heterocycles. The van der Waals surface area contributed by atoms with Crippen molar-refractivity contribution in [2.45, 2.75) is 13.8 Å². The average molecular weight is 354 g/mol. The highest BCUT2D eigenvalue weighted by Gasteiger charge is 2.15. The summed E-state index contributed by atoms with van der Waals surface area (Å²) >= 11 is 5.99. The molecule has 1 aromatic heterocycles. The van der Waals surface area contributed by atoms with Gasteiger partial charge in [-0.3, -0.25) is 9.59 Å². The Morgan fingerprint density at radius 3 is 2.68 bits per heavy atom. The second kappa shape index (κ2) is 6.91. The number of amides is 1. The summed E-state index contributed by atoms with van der Waals surface area (Å²) in [6.07, 6.45) is 1.50. The van der Waals surface area contributed by atoms with E-state index in [1.165, 1.54) is 16.9 Å². The maximum absolute atomic E-state index is 12.5. The number of carbonyl (C=O) groups is 1. The molecule has 0 aliphatic carbocycles. The number of hydrogen-bond donors (Lipinski definition) is 1. The topological polar surface area (TPSA) is 64.0 Å². The SMILES string of the molecule is Cc1ccc(C)c(NC(=O)c2nn(-c3cccc(Cl)c3)ccc2=O)c1. The van der Waals surface area contributed by atoms with Crippen LogP contribution in [0, 0.1) is 13.8 Å². The first-order valence-corrected chi connectivity index (χ1v) is 8.06. The van der Waals surface area contributed by atoms with Crippen LogP contribution in [0.1, 0.15) is 21.6 Å². The number of benzene rings is 2. The zero-order valence-electron chi connectivity index (χ0n) is 13.8. The predicted molar refractivity (Wildman–Crippen MR) is 98.7 cm³/mol. The van der Waals surface area contributed by atoms with Gasteiger partial charge in [-0.1, -0.05) is 29.8 Å². The number of aryl methyl sites for hydroxylation is 2. The Labute approximate surface area is 149 Å². The van der Waals surface area contributed by atoms with Crippen LogP contribution in [0.15, 0.2) is 59.5 Å². The maximum atomic E-state index is 12.5. The van der Waals surface area contributed by atoms with Crippen LogP contribution < -0.4 is 10.7 Å². The summed E-state index contributed by atoms with van der Waals surface area (Å²) in [5, 5.41) is 7.46. The second-order valence-corrected chi connectivity index (χ2v) is 6.16. The molecule has 0 atom stereocenters. The monoisotopic (exact) mass is 353 g/mol. The minimum atomic E-state index is -0.546. The van der Waals surface area contributed by atoms with E-state index in [0.717, 1.165) is 11.1 Å². The van der Waals surface area contributed by atoms with Crippen LogP contribution in [0.2, 0.25) is 5.02 Å². The molecular weight excluding hydrogens is 338 g/mol. The molecule has 0 saturated carbocycles. The highest BCUT2D eigenvalue weighted by atomic mass is 35.5. The van der Waals surface area contributed by atoms with Crippen molar-refractivity contribution in [3.63, 3.8) is 0 Å². The van der Waals surface area contributed by atoms with Crippen LogP contribution in [-0.4, -0.2) is 15.7 Å². The van der Waals surface area contributed by atoms with Crippen molar-refractivity contribution >= 4 is 23.2 Å². The van der Waals surface area contributed by atoms with E-state index in [9.17, 15) is 9.59 Å². The first-order valence-electron chi connectivity index (χ1n) is 7.68. The van der Waals surface area contributed by atoms with Crippen molar-refractivity contribution < 1.29 is 4.79 Å². The van der Waals surface area contributed by atoms with Crippen molar-refractivity contribution in [3.05, 3.63) is 86.8 Å². The summed E-state index contributed by atoms with van der Waals surface area (Å²) in [5.41, 5.74) is 2.62. The van der Waals surface area contributed by atoms with E-state index in [1.807, 2.05) is 32.0 Å². The van der Waals surface area contributed by atoms with Crippen molar-refractivity contribution in [1.29, 1.82) is 0 Å². The van der Waals surface area contributed by atoms with E-state index in [4.69, 9.17) is 11.6 Å². The molecule has 0 radical (unpaired) electrons. The van der Waals surface area contributed by atoms with Gasteiger partial charge in [-0.25, -0.2) is 4.68 Å². The fourth-order valence-corrected chi connectivity index (χ4v) is 2.56. The van der Waals surface area contributed by atoms with Crippen LogP contribution in [0.3, 0.4) is 0 Å². The Morgan fingerprint density at radius 2 is 1.92 bits per heavy atom. The van der Waals surface area contributed by atoms with Crippen molar-refractivity contribution in [2.24, 2.45) is 0 Å². The van der Waals surface area contributed by atoms with Gasteiger partial charge in [0.15, 0.2) is 5.69 Å². The third-order valence-corrected chi connectivity index (χ3v) is 3.97. The van der Waals surface area contributed by atoms with Gasteiger partial charge < -0.3 is 5.32 Å². The maximum Gasteiger partial charge on any atom is 0.280 e. The van der Waals surface area contributed by atoms with Gasteiger partial charge in [-0.05, 0) is 49.2 Å². The average Bonchev–Trinajstić information content (AvgIpc) is 2.58. The lowest BCUT2D eigenvalue weighted by molar-refractivity contribution is 0.101. The molecule has 0 unspecified atom stereocenters. The van der Waals surface area contributed by atoms with Gasteiger partial charge >= 0.3 is 0 Å². The third-order valence-electron chi connectivity index (χ3n) is 3.74.